The van der Waals surface area contributed by atoms with E-state index in [-0.39, 0.29) is 24.8 Å². The van der Waals surface area contributed by atoms with Crippen LogP contribution >= 0.6 is 23.2 Å². The van der Waals surface area contributed by atoms with Crippen molar-refractivity contribution < 1.29 is 9.59 Å². The molecule has 2 aromatic carbocycles. The van der Waals surface area contributed by atoms with E-state index in [1.165, 1.54) is 5.69 Å². The largest absolute Gasteiger partial charge is 0.368 e. The monoisotopic (exact) mass is 419 g/mol. The molecule has 1 fully saturated rings. The first-order valence-electron chi connectivity index (χ1n) is 9.32. The van der Waals surface area contributed by atoms with Crippen molar-refractivity contribution in [1.29, 1.82) is 0 Å². The average molecular weight is 420 g/mol. The highest BCUT2D eigenvalue weighted by Crippen LogP contribution is 2.26. The molecule has 0 saturated carbocycles. The Hall–Kier alpha value is -2.24. The lowest BCUT2D eigenvalue weighted by atomic mass is 10.1. The van der Waals surface area contributed by atoms with Crippen molar-refractivity contribution in [3.8, 4) is 0 Å². The molecule has 0 aliphatic carbocycles. The Labute approximate surface area is 175 Å². The van der Waals surface area contributed by atoms with Crippen molar-refractivity contribution in [2.24, 2.45) is 0 Å². The zero-order chi connectivity index (χ0) is 19.9. The molecule has 1 heterocycles. The summed E-state index contributed by atoms with van der Waals surface area (Å²) in [5.41, 5.74) is 2.00. The van der Waals surface area contributed by atoms with Crippen molar-refractivity contribution in [1.82, 2.24) is 10.2 Å². The Balaban J connectivity index is 1.39. The molecule has 3 rings (SSSR count). The third kappa shape index (κ3) is 5.40. The molecule has 0 unspecified atom stereocenters. The number of nitrogens with one attached hydrogen (secondary N) is 1. The standard InChI is InChI=1S/C21H23Cl2N3O2/c22-18-8-4-5-16(21(18)23)9-10-19(27)24-15-20(28)26-13-11-25(12-14-26)17-6-2-1-3-7-17/h1-8H,9-15H2,(H,24,27). The molecule has 0 atom stereocenters. The number of carbonyl (C=O) groups excluding carboxylic acids is 2. The maximum Gasteiger partial charge on any atom is 0.242 e. The maximum atomic E-state index is 12.4. The zero-order valence-electron chi connectivity index (χ0n) is 15.5. The van der Waals surface area contributed by atoms with Gasteiger partial charge in [0.05, 0.1) is 16.6 Å². The molecular formula is C21H23Cl2N3O2. The summed E-state index contributed by atoms with van der Waals surface area (Å²) in [4.78, 5) is 28.5. The van der Waals surface area contributed by atoms with Crippen LogP contribution in [0.5, 0.6) is 0 Å². The van der Waals surface area contributed by atoms with E-state index in [1.807, 2.05) is 24.3 Å². The number of halogens is 2. The molecule has 0 aromatic heterocycles. The van der Waals surface area contributed by atoms with Crippen molar-refractivity contribution in [3.63, 3.8) is 0 Å². The lowest BCUT2D eigenvalue weighted by molar-refractivity contribution is -0.133. The van der Waals surface area contributed by atoms with Crippen LogP contribution in [0.1, 0.15) is 12.0 Å². The topological polar surface area (TPSA) is 52.7 Å². The number of nitrogens with zero attached hydrogens (tertiary/aromatic N) is 2. The highest BCUT2D eigenvalue weighted by Gasteiger charge is 2.21. The van der Waals surface area contributed by atoms with E-state index < -0.39 is 0 Å². The van der Waals surface area contributed by atoms with Crippen LogP contribution in [0.2, 0.25) is 10.0 Å². The van der Waals surface area contributed by atoms with Crippen LogP contribution in [0, 0.1) is 0 Å². The molecule has 1 aliphatic heterocycles. The van der Waals surface area contributed by atoms with Gasteiger partial charge in [0.15, 0.2) is 0 Å². The summed E-state index contributed by atoms with van der Waals surface area (Å²) in [6.45, 7) is 2.91. The van der Waals surface area contributed by atoms with Gasteiger partial charge in [-0.2, -0.15) is 0 Å². The number of aryl methyl sites for hydroxylation is 1. The van der Waals surface area contributed by atoms with Gasteiger partial charge in [-0.25, -0.2) is 0 Å². The summed E-state index contributed by atoms with van der Waals surface area (Å²) >= 11 is 12.1. The Morgan fingerprint density at radius 2 is 1.64 bits per heavy atom. The molecule has 148 valence electrons. The van der Waals surface area contributed by atoms with Gasteiger partial charge in [0.1, 0.15) is 0 Å². The van der Waals surface area contributed by atoms with Gasteiger partial charge in [-0.05, 0) is 30.2 Å². The molecule has 2 amide bonds. The van der Waals surface area contributed by atoms with Crippen LogP contribution in [-0.2, 0) is 16.0 Å². The highest BCUT2D eigenvalue weighted by molar-refractivity contribution is 6.42. The number of hydrogen-bond donors (Lipinski definition) is 1. The second-order valence-corrected chi connectivity index (χ2v) is 7.48. The van der Waals surface area contributed by atoms with E-state index in [1.54, 1.807) is 17.0 Å². The summed E-state index contributed by atoms with van der Waals surface area (Å²) in [6.07, 6.45) is 0.740. The summed E-state index contributed by atoms with van der Waals surface area (Å²) in [5, 5.41) is 3.66. The van der Waals surface area contributed by atoms with Crippen molar-refractivity contribution in [3.05, 3.63) is 64.1 Å². The minimum atomic E-state index is -0.174. The number of rotatable bonds is 6. The average Bonchev–Trinajstić information content (AvgIpc) is 2.74. The van der Waals surface area contributed by atoms with Crippen molar-refractivity contribution >= 4 is 40.7 Å². The van der Waals surface area contributed by atoms with Gasteiger partial charge in [0, 0.05) is 38.3 Å². The third-order valence-corrected chi connectivity index (χ3v) is 5.70. The van der Waals surface area contributed by atoms with Crippen molar-refractivity contribution in [2.45, 2.75) is 12.8 Å². The number of anilines is 1. The van der Waals surface area contributed by atoms with Gasteiger partial charge in [0.25, 0.3) is 0 Å². The van der Waals surface area contributed by atoms with E-state index >= 15 is 0 Å². The molecular weight excluding hydrogens is 397 g/mol. The first-order chi connectivity index (χ1) is 13.5. The fraction of sp³-hybridized carbons (Fsp3) is 0.333. The Bertz CT molecular complexity index is 822. The van der Waals surface area contributed by atoms with Crippen molar-refractivity contribution in [2.75, 3.05) is 37.6 Å². The first-order valence-corrected chi connectivity index (χ1v) is 10.1. The van der Waals surface area contributed by atoms with Crippen LogP contribution in [-0.4, -0.2) is 49.4 Å². The first kappa shape index (κ1) is 20.5. The minimum Gasteiger partial charge on any atom is -0.368 e. The fourth-order valence-electron chi connectivity index (χ4n) is 3.22. The molecule has 0 radical (unpaired) electrons. The van der Waals surface area contributed by atoms with E-state index in [4.69, 9.17) is 23.2 Å². The van der Waals surface area contributed by atoms with E-state index in [0.29, 0.717) is 29.6 Å². The number of para-hydroxylation sites is 1. The van der Waals surface area contributed by atoms with Gasteiger partial charge in [-0.1, -0.05) is 53.5 Å². The van der Waals surface area contributed by atoms with Crippen LogP contribution < -0.4 is 10.2 Å². The number of amides is 2. The maximum absolute atomic E-state index is 12.4. The fourth-order valence-corrected chi connectivity index (χ4v) is 3.63. The summed E-state index contributed by atoms with van der Waals surface area (Å²) in [5.74, 6) is -0.228. The SMILES string of the molecule is O=C(CCc1cccc(Cl)c1Cl)NCC(=O)N1CCN(c2ccccc2)CC1. The zero-order valence-corrected chi connectivity index (χ0v) is 17.0. The smallest absolute Gasteiger partial charge is 0.242 e. The Morgan fingerprint density at radius 1 is 0.929 bits per heavy atom. The van der Waals surface area contributed by atoms with Crippen LogP contribution in [0.25, 0.3) is 0 Å². The van der Waals surface area contributed by atoms with E-state index in [0.717, 1.165) is 18.7 Å². The normalized spacial score (nSPS) is 14.1. The minimum absolute atomic E-state index is 0.0213. The molecule has 0 spiro atoms. The van der Waals surface area contributed by atoms with E-state index in [9.17, 15) is 9.59 Å². The lowest BCUT2D eigenvalue weighted by Crippen LogP contribution is -2.51. The van der Waals surface area contributed by atoms with Crippen LogP contribution in [0.4, 0.5) is 5.69 Å². The molecule has 2 aromatic rings. The molecule has 1 saturated heterocycles. The predicted octanol–water partition coefficient (Wildman–Crippen LogP) is 3.39. The lowest BCUT2D eigenvalue weighted by Gasteiger charge is -2.36. The molecule has 1 aliphatic rings. The highest BCUT2D eigenvalue weighted by atomic mass is 35.5. The van der Waals surface area contributed by atoms with Gasteiger partial charge in [0.2, 0.25) is 11.8 Å². The van der Waals surface area contributed by atoms with E-state index in [2.05, 4.69) is 22.3 Å². The number of piperazine rings is 1. The molecule has 1 N–H and O–H groups in total. The number of benzene rings is 2. The van der Waals surface area contributed by atoms with Crippen LogP contribution in [0.15, 0.2) is 48.5 Å². The third-order valence-electron chi connectivity index (χ3n) is 4.84. The second kappa shape index (κ2) is 9.80. The predicted molar refractivity (Wildman–Crippen MR) is 113 cm³/mol. The summed E-state index contributed by atoms with van der Waals surface area (Å²) in [6, 6.07) is 15.5. The van der Waals surface area contributed by atoms with Gasteiger partial charge >= 0.3 is 0 Å². The summed E-state index contributed by atoms with van der Waals surface area (Å²) in [7, 11) is 0. The Kier molecular flexibility index (Phi) is 7.18. The number of carbonyl (C=O) groups is 2. The quantitative estimate of drug-likeness (QED) is 0.780. The Morgan fingerprint density at radius 3 is 2.36 bits per heavy atom. The number of hydrogen-bond acceptors (Lipinski definition) is 3. The van der Waals surface area contributed by atoms with Gasteiger partial charge in [-0.3, -0.25) is 9.59 Å². The molecule has 5 nitrogen and oxygen atoms in total. The second-order valence-electron chi connectivity index (χ2n) is 6.69. The van der Waals surface area contributed by atoms with Gasteiger partial charge in [-0.15, -0.1) is 0 Å². The summed E-state index contributed by atoms with van der Waals surface area (Å²) < 4.78 is 0. The molecule has 0 bridgehead atoms. The van der Waals surface area contributed by atoms with Crippen LogP contribution in [0.3, 0.4) is 0 Å². The van der Waals surface area contributed by atoms with Gasteiger partial charge < -0.3 is 15.1 Å². The molecule has 28 heavy (non-hydrogen) atoms. The molecule has 7 heteroatoms.